The zero-order valence-electron chi connectivity index (χ0n) is 16.6. The van der Waals surface area contributed by atoms with Gasteiger partial charge in [0.2, 0.25) is 11.7 Å². The predicted molar refractivity (Wildman–Crippen MR) is 106 cm³/mol. The van der Waals surface area contributed by atoms with Crippen LogP contribution in [0.25, 0.3) is 0 Å². The van der Waals surface area contributed by atoms with Gasteiger partial charge in [-0.3, -0.25) is 4.79 Å². The van der Waals surface area contributed by atoms with Crippen LogP contribution < -0.4 is 24.4 Å². The lowest BCUT2D eigenvalue weighted by molar-refractivity contribution is -0.115. The van der Waals surface area contributed by atoms with Crippen LogP contribution in [0.2, 0.25) is 0 Å². The Morgan fingerprint density at radius 1 is 1.14 bits per heavy atom. The van der Waals surface area contributed by atoms with Crippen molar-refractivity contribution in [2.75, 3.05) is 44.6 Å². The molecule has 7 heteroatoms. The topological polar surface area (TPSA) is 60.0 Å². The third-order valence-electron chi connectivity index (χ3n) is 4.92. The van der Waals surface area contributed by atoms with Gasteiger partial charge in [0.05, 0.1) is 33.6 Å². The van der Waals surface area contributed by atoms with Crippen molar-refractivity contribution in [2.24, 2.45) is 0 Å². The molecule has 1 aliphatic heterocycles. The van der Waals surface area contributed by atoms with Gasteiger partial charge in [0, 0.05) is 24.4 Å². The minimum absolute atomic E-state index is 0.0596. The number of nitrogens with one attached hydrogen (secondary N) is 1. The number of benzene rings is 2. The van der Waals surface area contributed by atoms with Crippen molar-refractivity contribution >= 4 is 17.3 Å². The summed E-state index contributed by atoms with van der Waals surface area (Å²) >= 11 is 0. The number of halogens is 1. The second-order valence-corrected chi connectivity index (χ2v) is 6.68. The summed E-state index contributed by atoms with van der Waals surface area (Å²) in [5.41, 5.74) is 3.07. The minimum atomic E-state index is -0.291. The van der Waals surface area contributed by atoms with Crippen molar-refractivity contribution < 1.29 is 23.4 Å². The lowest BCUT2D eigenvalue weighted by Gasteiger charge is -2.32. The first kappa shape index (κ1) is 19.8. The average Bonchev–Trinajstić information content (AvgIpc) is 2.69. The Kier molecular flexibility index (Phi) is 5.92. The molecule has 28 heavy (non-hydrogen) atoms. The van der Waals surface area contributed by atoms with Crippen LogP contribution in [-0.2, 0) is 11.2 Å². The molecule has 0 saturated heterocycles. The van der Waals surface area contributed by atoms with Crippen molar-refractivity contribution in [3.05, 3.63) is 41.2 Å². The summed E-state index contributed by atoms with van der Waals surface area (Å²) in [7, 11) is 4.54. The van der Waals surface area contributed by atoms with Crippen LogP contribution in [0.5, 0.6) is 17.2 Å². The van der Waals surface area contributed by atoms with E-state index in [0.29, 0.717) is 35.2 Å². The van der Waals surface area contributed by atoms with Crippen LogP contribution in [0.3, 0.4) is 0 Å². The van der Waals surface area contributed by atoms with Gasteiger partial charge in [0.15, 0.2) is 11.5 Å². The van der Waals surface area contributed by atoms with Gasteiger partial charge >= 0.3 is 0 Å². The summed E-state index contributed by atoms with van der Waals surface area (Å²) in [5.74, 6) is 0.804. The summed E-state index contributed by atoms with van der Waals surface area (Å²) in [5, 5.41) is 2.84. The van der Waals surface area contributed by atoms with Crippen molar-refractivity contribution in [1.82, 2.24) is 0 Å². The normalized spacial score (nSPS) is 13.0. The Bertz CT molecular complexity index is 860. The molecule has 0 bridgehead atoms. The lowest BCUT2D eigenvalue weighted by Crippen LogP contribution is -2.37. The second kappa shape index (κ2) is 8.37. The van der Waals surface area contributed by atoms with Crippen LogP contribution in [0.1, 0.15) is 17.5 Å². The van der Waals surface area contributed by atoms with Gasteiger partial charge in [-0.2, -0.15) is 0 Å². The fourth-order valence-corrected chi connectivity index (χ4v) is 3.61. The van der Waals surface area contributed by atoms with Crippen molar-refractivity contribution in [3.63, 3.8) is 0 Å². The second-order valence-electron chi connectivity index (χ2n) is 6.68. The summed E-state index contributed by atoms with van der Waals surface area (Å²) < 4.78 is 30.3. The van der Waals surface area contributed by atoms with E-state index in [1.807, 2.05) is 6.92 Å². The number of rotatable bonds is 6. The largest absolute Gasteiger partial charge is 0.493 e. The zero-order valence-corrected chi connectivity index (χ0v) is 16.6. The van der Waals surface area contributed by atoms with Crippen LogP contribution in [0, 0.1) is 12.7 Å². The maximum absolute atomic E-state index is 14.4. The predicted octanol–water partition coefficient (Wildman–Crippen LogP) is 3.55. The molecule has 0 aliphatic carbocycles. The van der Waals surface area contributed by atoms with E-state index in [4.69, 9.17) is 14.2 Å². The zero-order chi connectivity index (χ0) is 20.3. The van der Waals surface area contributed by atoms with Gasteiger partial charge in [-0.05, 0) is 37.0 Å². The van der Waals surface area contributed by atoms with Gasteiger partial charge in [-0.15, -0.1) is 0 Å². The number of nitrogens with zero attached hydrogens (tertiary/aromatic N) is 1. The maximum Gasteiger partial charge on any atom is 0.243 e. The van der Waals surface area contributed by atoms with Crippen molar-refractivity contribution in [2.45, 2.75) is 19.8 Å². The van der Waals surface area contributed by atoms with E-state index in [0.717, 1.165) is 24.0 Å². The Hall–Kier alpha value is -2.96. The van der Waals surface area contributed by atoms with Gasteiger partial charge in [0.25, 0.3) is 0 Å². The van der Waals surface area contributed by atoms with Crippen molar-refractivity contribution in [1.29, 1.82) is 0 Å². The van der Waals surface area contributed by atoms with Gasteiger partial charge in [-0.1, -0.05) is 6.07 Å². The molecule has 0 radical (unpaired) electrons. The highest BCUT2D eigenvalue weighted by molar-refractivity contribution is 5.95. The van der Waals surface area contributed by atoms with Crippen LogP contribution >= 0.6 is 0 Å². The molecule has 1 N–H and O–H groups in total. The smallest absolute Gasteiger partial charge is 0.243 e. The first-order chi connectivity index (χ1) is 13.5. The Balaban J connectivity index is 1.80. The molecule has 6 nitrogen and oxygen atoms in total. The molecule has 3 rings (SSSR count). The van der Waals surface area contributed by atoms with E-state index < -0.39 is 0 Å². The summed E-state index contributed by atoms with van der Waals surface area (Å²) in [4.78, 5) is 14.5. The molecule has 2 aromatic rings. The number of amides is 1. The fourth-order valence-electron chi connectivity index (χ4n) is 3.61. The molecule has 1 heterocycles. The molecule has 0 spiro atoms. The Morgan fingerprint density at radius 2 is 1.82 bits per heavy atom. The van der Waals surface area contributed by atoms with E-state index in [-0.39, 0.29) is 18.3 Å². The molecular formula is C21H25FN2O4. The molecule has 2 aromatic carbocycles. The SMILES string of the molecule is COc1cc(NC(=O)CN2CCCc3c(C)ccc(F)c32)cc(OC)c1OC. The Morgan fingerprint density at radius 3 is 2.43 bits per heavy atom. The van der Waals surface area contributed by atoms with Gasteiger partial charge in [-0.25, -0.2) is 4.39 Å². The number of carbonyl (C=O) groups excluding carboxylic acids is 1. The summed E-state index contributed by atoms with van der Waals surface area (Å²) in [6.45, 7) is 2.66. The van der Waals surface area contributed by atoms with Gasteiger partial charge < -0.3 is 24.4 Å². The molecule has 1 amide bonds. The van der Waals surface area contributed by atoms with E-state index >= 15 is 0 Å². The van der Waals surface area contributed by atoms with E-state index in [1.165, 1.54) is 27.4 Å². The standard InChI is InChI=1S/C21H25FN2O4/c1-13-7-8-16(22)20-15(13)6-5-9-24(20)12-19(25)23-14-10-17(26-2)21(28-4)18(11-14)27-3/h7-8,10-11H,5-6,9,12H2,1-4H3,(H,23,25). The molecule has 0 atom stereocenters. The molecule has 1 aliphatic rings. The number of anilines is 2. The minimum Gasteiger partial charge on any atom is -0.493 e. The van der Waals surface area contributed by atoms with Crippen molar-refractivity contribution in [3.8, 4) is 17.2 Å². The number of aryl methyl sites for hydroxylation is 1. The molecule has 0 aromatic heterocycles. The third-order valence-corrected chi connectivity index (χ3v) is 4.92. The number of hydrogen-bond donors (Lipinski definition) is 1. The van der Waals surface area contributed by atoms with E-state index in [1.54, 1.807) is 23.1 Å². The first-order valence-electron chi connectivity index (χ1n) is 9.11. The molecule has 0 unspecified atom stereocenters. The first-order valence-corrected chi connectivity index (χ1v) is 9.11. The highest BCUT2D eigenvalue weighted by Gasteiger charge is 2.24. The van der Waals surface area contributed by atoms with Crippen LogP contribution in [0.4, 0.5) is 15.8 Å². The van der Waals surface area contributed by atoms with E-state index in [2.05, 4.69) is 5.32 Å². The monoisotopic (exact) mass is 388 g/mol. The summed E-state index contributed by atoms with van der Waals surface area (Å²) in [6.07, 6.45) is 1.71. The van der Waals surface area contributed by atoms with E-state index in [9.17, 15) is 9.18 Å². The lowest BCUT2D eigenvalue weighted by atomic mass is 9.96. The summed E-state index contributed by atoms with van der Waals surface area (Å²) in [6, 6.07) is 6.57. The number of fused-ring (bicyclic) bond motifs is 1. The van der Waals surface area contributed by atoms with Crippen LogP contribution in [0.15, 0.2) is 24.3 Å². The highest BCUT2D eigenvalue weighted by atomic mass is 19.1. The molecule has 0 saturated carbocycles. The number of ether oxygens (including phenoxy) is 3. The average molecular weight is 388 g/mol. The molecule has 0 fully saturated rings. The maximum atomic E-state index is 14.4. The van der Waals surface area contributed by atoms with Crippen LogP contribution in [-0.4, -0.2) is 40.3 Å². The quantitative estimate of drug-likeness (QED) is 0.820. The Labute approximate surface area is 164 Å². The van der Waals surface area contributed by atoms with Gasteiger partial charge in [0.1, 0.15) is 5.82 Å². The molecule has 150 valence electrons. The fraction of sp³-hybridized carbons (Fsp3) is 0.381. The molecular weight excluding hydrogens is 363 g/mol. The third kappa shape index (κ3) is 3.83. The number of carbonyl (C=O) groups is 1. The highest BCUT2D eigenvalue weighted by Crippen LogP contribution is 2.40. The number of methoxy groups -OCH3 is 3. The number of hydrogen-bond acceptors (Lipinski definition) is 5.